The van der Waals surface area contributed by atoms with E-state index < -0.39 is 111 Å². The minimum Gasteiger partial charge on any atom is -0.505 e. The van der Waals surface area contributed by atoms with E-state index in [0.29, 0.717) is 24.3 Å². The van der Waals surface area contributed by atoms with Crippen LogP contribution in [-0.2, 0) is 30.4 Å². The van der Waals surface area contributed by atoms with Gasteiger partial charge in [0.25, 0.3) is 41.7 Å². The molecule has 0 atom stereocenters. The largest absolute Gasteiger partial charge is 0.505 e. The average molecular weight is 1010 g/mol. The third-order valence-corrected chi connectivity index (χ3v) is 11.2. The molecule has 0 fully saturated rings. The van der Waals surface area contributed by atoms with Crippen LogP contribution >= 0.6 is 11.6 Å². The minimum atomic E-state index is -5.29. The predicted molar refractivity (Wildman–Crippen MR) is 236 cm³/mol. The van der Waals surface area contributed by atoms with Crippen LogP contribution in [0.25, 0.3) is 10.8 Å². The average Bonchev–Trinajstić information content (AvgIpc) is 3.19. The van der Waals surface area contributed by atoms with Gasteiger partial charge in [0.15, 0.2) is 5.75 Å². The molecule has 0 amide bonds. The molecule has 66 heavy (non-hydrogen) atoms. The van der Waals surface area contributed by atoms with Crippen LogP contribution in [0, 0.1) is 20.2 Å². The summed E-state index contributed by atoms with van der Waals surface area (Å²) in [5.41, 5.74) is -3.49. The molecule has 6 rings (SSSR count). The molecule has 0 unspecified atom stereocenters. The second-order valence-electron chi connectivity index (χ2n) is 12.5. The van der Waals surface area contributed by atoms with Crippen molar-refractivity contribution in [2.45, 2.75) is 14.7 Å². The van der Waals surface area contributed by atoms with Crippen molar-refractivity contribution in [3.8, 4) is 17.2 Å². The normalized spacial score (nSPS) is 11.9. The van der Waals surface area contributed by atoms with Gasteiger partial charge in [0.1, 0.15) is 44.0 Å². The fraction of sp³-hybridized carbons (Fsp3) is 0. The number of azo groups is 3. The Hall–Kier alpha value is -4.60. The number of aromatic hydroxyl groups is 3. The molecule has 25 nitrogen and oxygen atoms in total. The zero-order chi connectivity index (χ0) is 46.2. The quantitative estimate of drug-likeness (QED) is 0.0189. The van der Waals surface area contributed by atoms with Gasteiger partial charge in [0.2, 0.25) is 0 Å². The number of nitrogens with one attached hydrogen (secondary N) is 1. The summed E-state index contributed by atoms with van der Waals surface area (Å²) < 4.78 is 102. The number of halogens is 1. The van der Waals surface area contributed by atoms with Gasteiger partial charge in [0.05, 0.1) is 42.2 Å². The topological polar surface area (TPSA) is 396 Å². The molecule has 6 aromatic carbocycles. The second-order valence-corrected chi connectivity index (χ2v) is 17.1. The summed E-state index contributed by atoms with van der Waals surface area (Å²) in [6.45, 7) is 0. The number of nitro benzene ring substituents is 2. The number of hydrogen-bond donors (Lipinski definition) is 7. The summed E-state index contributed by atoms with van der Waals surface area (Å²) in [5, 5.41) is 79.0. The van der Waals surface area contributed by atoms with Gasteiger partial charge >= 0.3 is 0 Å². The molecule has 6 aromatic rings. The van der Waals surface area contributed by atoms with E-state index in [9.17, 15) is 74.5 Å². The van der Waals surface area contributed by atoms with E-state index in [1.54, 1.807) is 0 Å². The maximum atomic E-state index is 12.4. The van der Waals surface area contributed by atoms with Gasteiger partial charge in [-0.1, -0.05) is 11.6 Å². The number of benzene rings is 6. The van der Waals surface area contributed by atoms with Crippen molar-refractivity contribution in [3.05, 3.63) is 116 Å². The Morgan fingerprint density at radius 3 is 1.62 bits per heavy atom. The molecule has 0 aliphatic carbocycles. The number of fused-ring (bicyclic) bond motifs is 1. The third kappa shape index (κ3) is 13.1. The number of hydrogen-bond acceptors (Lipinski definition) is 20. The molecule has 0 aromatic heterocycles. The molecule has 32 heteroatoms. The summed E-state index contributed by atoms with van der Waals surface area (Å²) in [4.78, 5) is 17.8. The Bertz CT molecular complexity index is 3370. The van der Waals surface area contributed by atoms with E-state index >= 15 is 0 Å². The summed E-state index contributed by atoms with van der Waals surface area (Å²) in [5.74, 6) is -2.47. The molecule has 0 heterocycles. The molecule has 0 aliphatic rings. The number of nitro groups is 2. The number of anilines is 2. The van der Waals surface area contributed by atoms with Crippen LogP contribution in [0.5, 0.6) is 17.2 Å². The van der Waals surface area contributed by atoms with Crippen molar-refractivity contribution in [1.82, 2.24) is 0 Å². The fourth-order valence-electron chi connectivity index (χ4n) is 5.40. The molecule has 0 spiro atoms. The van der Waals surface area contributed by atoms with Crippen molar-refractivity contribution >= 4 is 198 Å². The smallest absolute Gasteiger partial charge is 0.296 e. The Balaban J connectivity index is 0.00000385. The summed E-state index contributed by atoms with van der Waals surface area (Å²) in [6, 6.07) is 14.9. The molecule has 7 N–H and O–H groups in total. The first-order valence-electron chi connectivity index (χ1n) is 16.6. The van der Waals surface area contributed by atoms with Crippen molar-refractivity contribution in [3.63, 3.8) is 0 Å². The van der Waals surface area contributed by atoms with Gasteiger partial charge < -0.3 is 20.6 Å². The monoisotopic (exact) mass is 1010 g/mol. The number of phenolic OH excluding ortho intramolecular Hbond substituents is 3. The zero-order valence-corrected chi connectivity index (χ0v) is 42.8. The summed E-state index contributed by atoms with van der Waals surface area (Å²) >= 11 is 6.05. The SMILES string of the molecule is O=[N+]([O-])c1ccc(N=Nc2c(S(=O)(=O)O)cc3cc(S(=O)(=O)O)cc(N=Nc4cc(N=Nc5ccc(Nc6ccc([N+](=O)[O-])cc6S(=O)(=O)O)cc5)c(O)cc4O)c3c2O)c(Cl)c1.[Na].[Na].[Na]. The van der Waals surface area contributed by atoms with Gasteiger partial charge in [-0.15, -0.1) is 25.6 Å². The molecular weight excluding hydrogens is 991 g/mol. The Labute approximate surface area is 441 Å². The van der Waals surface area contributed by atoms with Crippen LogP contribution in [0.3, 0.4) is 0 Å². The number of rotatable bonds is 13. The third-order valence-electron chi connectivity index (χ3n) is 8.29. The van der Waals surface area contributed by atoms with Crippen molar-refractivity contribution in [1.29, 1.82) is 0 Å². The first-order chi connectivity index (χ1) is 29.4. The Kier molecular flexibility index (Phi) is 18.6. The summed E-state index contributed by atoms with van der Waals surface area (Å²) in [6.07, 6.45) is 0. The van der Waals surface area contributed by atoms with Gasteiger partial charge in [-0.3, -0.25) is 33.9 Å². The summed E-state index contributed by atoms with van der Waals surface area (Å²) in [7, 11) is -15.3. The zero-order valence-electron chi connectivity index (χ0n) is 33.6. The van der Waals surface area contributed by atoms with Gasteiger partial charge in [-0.05, 0) is 60.0 Å². The number of nitrogens with zero attached hydrogens (tertiary/aromatic N) is 8. The molecule has 0 aliphatic heterocycles. The molecular formula is C34H22ClN9Na3O16S3. The molecule has 327 valence electrons. The minimum absolute atomic E-state index is 0. The van der Waals surface area contributed by atoms with E-state index in [1.165, 1.54) is 24.3 Å². The first kappa shape index (κ1) is 55.7. The number of non-ortho nitro benzene ring substituents is 2. The van der Waals surface area contributed by atoms with Crippen molar-refractivity contribution in [2.75, 3.05) is 5.32 Å². The van der Waals surface area contributed by atoms with Gasteiger partial charge in [-0.25, -0.2) is 0 Å². The predicted octanol–water partition coefficient (Wildman–Crippen LogP) is 8.01. The fourth-order valence-corrected chi connectivity index (χ4v) is 7.47. The van der Waals surface area contributed by atoms with Crippen LogP contribution in [0.15, 0.2) is 136 Å². The Morgan fingerprint density at radius 1 is 0.545 bits per heavy atom. The van der Waals surface area contributed by atoms with Crippen LogP contribution in [0.2, 0.25) is 5.02 Å². The molecule has 3 radical (unpaired) electrons. The number of phenols is 3. The van der Waals surface area contributed by atoms with Crippen LogP contribution in [0.4, 0.5) is 56.9 Å². The molecule has 0 saturated carbocycles. The van der Waals surface area contributed by atoms with Crippen molar-refractivity contribution in [2.24, 2.45) is 30.7 Å². The first-order valence-corrected chi connectivity index (χ1v) is 21.3. The van der Waals surface area contributed by atoms with E-state index in [0.717, 1.165) is 42.5 Å². The Morgan fingerprint density at radius 2 is 1.08 bits per heavy atom. The van der Waals surface area contributed by atoms with Crippen molar-refractivity contribution < 1.29 is 64.1 Å². The maximum Gasteiger partial charge on any atom is 0.296 e. The van der Waals surface area contributed by atoms with Crippen LogP contribution in [-0.4, -0.2) is 153 Å². The standard InChI is InChI=1S/C34H22ClN9O16S3.3Na/c35-22-11-19(43(48)49)5-7-23(22)38-42-33-31(63(58,59)60)10-16-9-21(61(52,53)54)13-27(32(16)34(33)47)41-40-26-14-25(28(45)15-29(26)46)39-37-18-3-1-17(2-4-18)36-24-8-6-20(44(50)51)12-30(24)62(55,56)57;;;/h1-15,36,45-47H,(H,52,53,54)(H,55,56,57)(H,58,59,60);;;. The van der Waals surface area contributed by atoms with Gasteiger partial charge in [-0.2, -0.15) is 30.4 Å². The van der Waals surface area contributed by atoms with Crippen LogP contribution in [0.1, 0.15) is 0 Å². The maximum absolute atomic E-state index is 12.4. The van der Waals surface area contributed by atoms with E-state index in [1.807, 2.05) is 0 Å². The van der Waals surface area contributed by atoms with Gasteiger partial charge in [0, 0.05) is 131 Å². The second kappa shape index (κ2) is 22.0. The van der Waals surface area contributed by atoms with E-state index in [-0.39, 0.29) is 122 Å². The molecule has 0 saturated heterocycles. The van der Waals surface area contributed by atoms with Crippen LogP contribution < -0.4 is 5.32 Å². The van der Waals surface area contributed by atoms with E-state index in [2.05, 4.69) is 36.0 Å². The molecule has 0 bridgehead atoms. The van der Waals surface area contributed by atoms with E-state index in [4.69, 9.17) is 11.6 Å².